The third-order valence-electron chi connectivity index (χ3n) is 3.74. The zero-order valence-electron chi connectivity index (χ0n) is 13.0. The fourth-order valence-corrected chi connectivity index (χ4v) is 2.46. The van der Waals surface area contributed by atoms with Crippen LogP contribution < -0.4 is 15.2 Å². The van der Waals surface area contributed by atoms with E-state index >= 15 is 0 Å². The van der Waals surface area contributed by atoms with Crippen LogP contribution in [0.5, 0.6) is 11.5 Å². The average molecular weight is 293 g/mol. The van der Waals surface area contributed by atoms with Gasteiger partial charge in [0.05, 0.1) is 13.2 Å². The molecular formula is C17H27NO3. The van der Waals surface area contributed by atoms with Crippen molar-refractivity contribution >= 4 is 0 Å². The van der Waals surface area contributed by atoms with Crippen LogP contribution in [0.25, 0.3) is 0 Å². The summed E-state index contributed by atoms with van der Waals surface area (Å²) in [6.07, 6.45) is 4.00. The Labute approximate surface area is 127 Å². The van der Waals surface area contributed by atoms with Crippen molar-refractivity contribution in [2.45, 2.75) is 32.6 Å². The molecule has 2 N–H and O–H groups in total. The Hall–Kier alpha value is -1.26. The molecule has 1 aromatic carbocycles. The molecule has 0 aliphatic carbocycles. The molecule has 1 fully saturated rings. The lowest BCUT2D eigenvalue weighted by molar-refractivity contribution is 0.0496. The quantitative estimate of drug-likeness (QED) is 0.801. The largest absolute Gasteiger partial charge is 0.493 e. The van der Waals surface area contributed by atoms with E-state index in [1.54, 1.807) is 0 Å². The van der Waals surface area contributed by atoms with Crippen LogP contribution in [0.15, 0.2) is 18.2 Å². The minimum Gasteiger partial charge on any atom is -0.493 e. The zero-order valence-corrected chi connectivity index (χ0v) is 13.0. The Balaban J connectivity index is 1.98. The monoisotopic (exact) mass is 293 g/mol. The van der Waals surface area contributed by atoms with Crippen LogP contribution in [0, 0.1) is 5.92 Å². The predicted octanol–water partition coefficient (Wildman–Crippen LogP) is 2.78. The van der Waals surface area contributed by atoms with Gasteiger partial charge in [-0.2, -0.15) is 0 Å². The highest BCUT2D eigenvalue weighted by Crippen LogP contribution is 2.27. The Kier molecular flexibility index (Phi) is 6.83. The molecule has 4 nitrogen and oxygen atoms in total. The van der Waals surface area contributed by atoms with Gasteiger partial charge in [0.25, 0.3) is 0 Å². The summed E-state index contributed by atoms with van der Waals surface area (Å²) in [6.45, 7) is 5.91. The van der Waals surface area contributed by atoms with Crippen LogP contribution in [-0.2, 0) is 11.2 Å². The van der Waals surface area contributed by atoms with Crippen LogP contribution in [-0.4, -0.2) is 33.0 Å². The molecule has 1 aliphatic heterocycles. The lowest BCUT2D eigenvalue weighted by Crippen LogP contribution is -2.21. The summed E-state index contributed by atoms with van der Waals surface area (Å²) in [7, 11) is 0. The van der Waals surface area contributed by atoms with Gasteiger partial charge in [0.2, 0.25) is 0 Å². The van der Waals surface area contributed by atoms with E-state index < -0.39 is 0 Å². The van der Waals surface area contributed by atoms with Crippen molar-refractivity contribution in [3.05, 3.63) is 23.8 Å². The van der Waals surface area contributed by atoms with Gasteiger partial charge in [-0.05, 0) is 49.8 Å². The van der Waals surface area contributed by atoms with Gasteiger partial charge in [-0.3, -0.25) is 0 Å². The van der Waals surface area contributed by atoms with E-state index in [9.17, 15) is 0 Å². The lowest BCUT2D eigenvalue weighted by atomic mass is 10.0. The molecule has 1 saturated heterocycles. The molecule has 0 saturated carbocycles. The summed E-state index contributed by atoms with van der Waals surface area (Å²) in [5.74, 6) is 2.38. The second-order valence-electron chi connectivity index (χ2n) is 5.52. The molecule has 0 spiro atoms. The maximum absolute atomic E-state index is 6.06. The van der Waals surface area contributed by atoms with Crippen molar-refractivity contribution in [2.75, 3.05) is 33.0 Å². The number of nitrogens with two attached hydrogens (primary N) is 1. The third kappa shape index (κ3) is 5.21. The lowest BCUT2D eigenvalue weighted by Gasteiger charge is -2.23. The number of ether oxygens (including phenoxy) is 3. The predicted molar refractivity (Wildman–Crippen MR) is 84.0 cm³/mol. The maximum Gasteiger partial charge on any atom is 0.126 e. The van der Waals surface area contributed by atoms with E-state index in [4.69, 9.17) is 19.9 Å². The molecule has 21 heavy (non-hydrogen) atoms. The Bertz CT molecular complexity index is 416. The van der Waals surface area contributed by atoms with E-state index in [2.05, 4.69) is 13.0 Å². The molecular weight excluding hydrogens is 266 g/mol. The third-order valence-corrected chi connectivity index (χ3v) is 3.74. The smallest absolute Gasteiger partial charge is 0.126 e. The molecule has 1 aromatic rings. The van der Waals surface area contributed by atoms with Gasteiger partial charge >= 0.3 is 0 Å². The van der Waals surface area contributed by atoms with Crippen molar-refractivity contribution in [1.29, 1.82) is 0 Å². The topological polar surface area (TPSA) is 53.7 Å². The average Bonchev–Trinajstić information content (AvgIpc) is 2.53. The first-order chi connectivity index (χ1) is 10.3. The Morgan fingerprint density at radius 1 is 1.24 bits per heavy atom. The summed E-state index contributed by atoms with van der Waals surface area (Å²) < 4.78 is 17.1. The van der Waals surface area contributed by atoms with Crippen LogP contribution in [0.3, 0.4) is 0 Å². The van der Waals surface area contributed by atoms with Crippen molar-refractivity contribution in [2.24, 2.45) is 11.7 Å². The SMILES string of the molecule is CCCOc1ccc(CCN)c(OCC2CCOCC2)c1. The van der Waals surface area contributed by atoms with E-state index in [1.165, 1.54) is 0 Å². The minimum atomic E-state index is 0.588. The number of benzene rings is 1. The molecule has 0 radical (unpaired) electrons. The standard InChI is InChI=1S/C17H27NO3/c1-2-9-20-16-4-3-15(5-8-18)17(12-16)21-13-14-6-10-19-11-7-14/h3-4,12,14H,2,5-11,13,18H2,1H3. The van der Waals surface area contributed by atoms with Crippen molar-refractivity contribution in [3.8, 4) is 11.5 Å². The first kappa shape index (κ1) is 16.1. The second-order valence-corrected chi connectivity index (χ2v) is 5.52. The second kappa shape index (κ2) is 8.90. The Morgan fingerprint density at radius 3 is 2.76 bits per heavy atom. The molecule has 1 heterocycles. The summed E-state index contributed by atoms with van der Waals surface area (Å²) in [5, 5.41) is 0. The fraction of sp³-hybridized carbons (Fsp3) is 0.647. The molecule has 2 rings (SSSR count). The molecule has 0 amide bonds. The van der Waals surface area contributed by atoms with Gasteiger partial charge in [-0.1, -0.05) is 13.0 Å². The van der Waals surface area contributed by atoms with Gasteiger partial charge in [0.15, 0.2) is 0 Å². The zero-order chi connectivity index (χ0) is 14.9. The number of rotatable bonds is 8. The highest BCUT2D eigenvalue weighted by molar-refractivity contribution is 5.41. The van der Waals surface area contributed by atoms with Crippen LogP contribution in [0.2, 0.25) is 0 Å². The highest BCUT2D eigenvalue weighted by atomic mass is 16.5. The first-order valence-electron chi connectivity index (χ1n) is 7.99. The molecule has 0 bridgehead atoms. The first-order valence-corrected chi connectivity index (χ1v) is 7.99. The molecule has 0 atom stereocenters. The van der Waals surface area contributed by atoms with Gasteiger partial charge in [0, 0.05) is 19.3 Å². The van der Waals surface area contributed by atoms with Gasteiger partial charge in [-0.15, -0.1) is 0 Å². The molecule has 118 valence electrons. The van der Waals surface area contributed by atoms with Gasteiger partial charge in [0.1, 0.15) is 11.5 Å². The summed E-state index contributed by atoms with van der Waals surface area (Å²) >= 11 is 0. The number of hydrogen-bond donors (Lipinski definition) is 1. The minimum absolute atomic E-state index is 0.588. The van der Waals surface area contributed by atoms with Crippen molar-refractivity contribution < 1.29 is 14.2 Å². The van der Waals surface area contributed by atoms with Crippen molar-refractivity contribution in [3.63, 3.8) is 0 Å². The fourth-order valence-electron chi connectivity index (χ4n) is 2.46. The maximum atomic E-state index is 6.06. The van der Waals surface area contributed by atoms with E-state index in [-0.39, 0.29) is 0 Å². The van der Waals surface area contributed by atoms with E-state index in [1.807, 2.05) is 12.1 Å². The summed E-state index contributed by atoms with van der Waals surface area (Å²) in [6, 6.07) is 6.07. The summed E-state index contributed by atoms with van der Waals surface area (Å²) in [5.41, 5.74) is 6.84. The van der Waals surface area contributed by atoms with Gasteiger partial charge in [-0.25, -0.2) is 0 Å². The van der Waals surface area contributed by atoms with Crippen LogP contribution in [0.1, 0.15) is 31.7 Å². The van der Waals surface area contributed by atoms with E-state index in [0.29, 0.717) is 12.5 Å². The number of hydrogen-bond acceptors (Lipinski definition) is 4. The highest BCUT2D eigenvalue weighted by Gasteiger charge is 2.15. The van der Waals surface area contributed by atoms with Crippen LogP contribution in [0.4, 0.5) is 0 Å². The summed E-state index contributed by atoms with van der Waals surface area (Å²) in [4.78, 5) is 0. The Morgan fingerprint density at radius 2 is 2.05 bits per heavy atom. The van der Waals surface area contributed by atoms with Crippen LogP contribution >= 0.6 is 0 Å². The van der Waals surface area contributed by atoms with Gasteiger partial charge < -0.3 is 19.9 Å². The van der Waals surface area contributed by atoms with Crippen molar-refractivity contribution in [1.82, 2.24) is 0 Å². The van der Waals surface area contributed by atoms with E-state index in [0.717, 1.165) is 69.2 Å². The molecule has 4 heteroatoms. The molecule has 0 unspecified atom stereocenters. The normalized spacial score (nSPS) is 15.9. The molecule has 0 aromatic heterocycles. The molecule has 1 aliphatic rings.